The van der Waals surface area contributed by atoms with Crippen LogP contribution in [0.4, 0.5) is 0 Å². The molecule has 0 radical (unpaired) electrons. The fourth-order valence-corrected chi connectivity index (χ4v) is 8.44. The first kappa shape index (κ1) is 30.3. The lowest BCUT2D eigenvalue weighted by atomic mass is 9.47. The molecule has 1 fully saturated rings. The van der Waals surface area contributed by atoms with Crippen LogP contribution in [0.2, 0.25) is 0 Å². The minimum Gasteiger partial charge on any atom is -0.507 e. The number of phenolic OH excluding ortho intramolecular Hbond substituents is 1. The van der Waals surface area contributed by atoms with Crippen molar-refractivity contribution in [3.8, 4) is 11.4 Å². The molecule has 4 aromatic carbocycles. The third-order valence-electron chi connectivity index (χ3n) is 10.5. The van der Waals surface area contributed by atoms with E-state index in [1.165, 1.54) is 15.4 Å². The number of Topliss-reactive ketones (excluding diaryl/α,β-unsaturated/α-hetero) is 1. The van der Waals surface area contributed by atoms with Crippen LogP contribution >= 0.6 is 0 Å². The zero-order valence-corrected chi connectivity index (χ0v) is 26.6. The van der Waals surface area contributed by atoms with Crippen LogP contribution in [0.5, 0.6) is 5.75 Å². The Labute approximate surface area is 282 Å². The van der Waals surface area contributed by atoms with Gasteiger partial charge in [0.1, 0.15) is 5.75 Å². The van der Waals surface area contributed by atoms with Gasteiger partial charge in [-0.15, -0.1) is 6.58 Å². The molecule has 2 heterocycles. The second-order valence-corrected chi connectivity index (χ2v) is 12.8. The lowest BCUT2D eigenvalue weighted by Crippen LogP contribution is -2.58. The summed E-state index contributed by atoms with van der Waals surface area (Å²) in [5.74, 6) is -2.25. The molecule has 0 spiro atoms. The lowest BCUT2D eigenvalue weighted by molar-refractivity contribution is -0.133. The minimum atomic E-state index is -1.45. The fourth-order valence-electron chi connectivity index (χ4n) is 8.44. The van der Waals surface area contributed by atoms with Gasteiger partial charge < -0.3 is 5.11 Å². The number of fused-ring (bicyclic) bond motifs is 4. The van der Waals surface area contributed by atoms with E-state index in [9.17, 15) is 14.7 Å². The number of hydrogen-bond donors (Lipinski definition) is 1. The molecule has 0 amide bonds. The van der Waals surface area contributed by atoms with E-state index in [-0.39, 0.29) is 30.3 Å². The van der Waals surface area contributed by atoms with E-state index >= 15 is 9.59 Å². The van der Waals surface area contributed by atoms with E-state index in [1.54, 1.807) is 36.4 Å². The molecule has 0 unspecified atom stereocenters. The van der Waals surface area contributed by atoms with E-state index < -0.39 is 34.7 Å². The number of carbonyl (C=O) groups excluding carboxylic acids is 2. The Morgan fingerprint density at radius 3 is 2.18 bits per heavy atom. The van der Waals surface area contributed by atoms with Crippen molar-refractivity contribution in [2.45, 2.75) is 36.8 Å². The summed E-state index contributed by atoms with van der Waals surface area (Å²) in [6.07, 6.45) is 5.56. The highest BCUT2D eigenvalue weighted by atomic mass is 16.3. The molecule has 2 aliphatic carbocycles. The Kier molecular flexibility index (Phi) is 7.17. The van der Waals surface area contributed by atoms with Gasteiger partial charge in [0.2, 0.25) is 0 Å². The molecule has 1 aliphatic heterocycles. The zero-order valence-electron chi connectivity index (χ0n) is 26.6. The zero-order chi connectivity index (χ0) is 33.9. The monoisotopic (exact) mass is 647 g/mol. The van der Waals surface area contributed by atoms with Crippen molar-refractivity contribution in [2.75, 3.05) is 0 Å². The number of phenols is 1. The average molecular weight is 648 g/mol. The van der Waals surface area contributed by atoms with E-state index in [2.05, 4.69) is 6.58 Å². The minimum absolute atomic E-state index is 0.0123. The SMILES string of the molecule is C=CCc1cccc([C@H]2C3=CCn4c(=O)n(-c5ccccc5)c(=O)n4[C@@H]3C[C@H]3C(=O)C(c4ccccc4)=CC(=O)[C@@]23c2ccccc2)c1O. The van der Waals surface area contributed by atoms with Gasteiger partial charge in [-0.3, -0.25) is 9.59 Å². The summed E-state index contributed by atoms with van der Waals surface area (Å²) in [6.45, 7) is 3.93. The number of ketones is 2. The molecule has 0 bridgehead atoms. The first-order valence-corrected chi connectivity index (χ1v) is 16.4. The molecule has 3 aliphatic rings. The molecule has 1 N–H and O–H groups in total. The second kappa shape index (κ2) is 11.6. The van der Waals surface area contributed by atoms with Crippen LogP contribution in [0, 0.1) is 5.92 Å². The number of aromatic nitrogens is 3. The highest BCUT2D eigenvalue weighted by Crippen LogP contribution is 2.62. The Bertz CT molecular complexity index is 2330. The Hall–Kier alpha value is -6.02. The van der Waals surface area contributed by atoms with Crippen LogP contribution in [0.3, 0.4) is 0 Å². The summed E-state index contributed by atoms with van der Waals surface area (Å²) >= 11 is 0. The molecular weight excluding hydrogens is 614 g/mol. The molecule has 1 aromatic heterocycles. The van der Waals surface area contributed by atoms with Gasteiger partial charge in [0, 0.05) is 23.0 Å². The third kappa shape index (κ3) is 4.37. The number of carbonyl (C=O) groups is 2. The number of rotatable bonds is 6. The van der Waals surface area contributed by atoms with Crippen molar-refractivity contribution in [3.63, 3.8) is 0 Å². The first-order valence-electron chi connectivity index (χ1n) is 16.4. The van der Waals surface area contributed by atoms with Gasteiger partial charge >= 0.3 is 11.4 Å². The van der Waals surface area contributed by atoms with E-state index in [0.29, 0.717) is 45.5 Å². The largest absolute Gasteiger partial charge is 0.507 e. The number of aromatic hydroxyl groups is 1. The van der Waals surface area contributed by atoms with Crippen LogP contribution < -0.4 is 11.4 Å². The van der Waals surface area contributed by atoms with Crippen LogP contribution in [0.25, 0.3) is 11.3 Å². The van der Waals surface area contributed by atoms with E-state index in [0.717, 1.165) is 4.57 Å². The van der Waals surface area contributed by atoms with Crippen LogP contribution in [-0.4, -0.2) is 30.6 Å². The molecule has 8 heteroatoms. The Morgan fingerprint density at radius 2 is 1.49 bits per heavy atom. The van der Waals surface area contributed by atoms with Gasteiger partial charge in [-0.25, -0.2) is 23.5 Å². The molecule has 49 heavy (non-hydrogen) atoms. The van der Waals surface area contributed by atoms with Crippen molar-refractivity contribution in [1.82, 2.24) is 13.9 Å². The maximum Gasteiger partial charge on any atom is 0.352 e. The summed E-state index contributed by atoms with van der Waals surface area (Å²) in [6, 6.07) is 31.9. The highest BCUT2D eigenvalue weighted by Gasteiger charge is 2.63. The topological polar surface area (TPSA) is 103 Å². The molecule has 8 nitrogen and oxygen atoms in total. The van der Waals surface area contributed by atoms with Gasteiger partial charge in [0.05, 0.1) is 23.7 Å². The first-order chi connectivity index (χ1) is 23.9. The van der Waals surface area contributed by atoms with Gasteiger partial charge in [0.15, 0.2) is 11.6 Å². The lowest BCUT2D eigenvalue weighted by Gasteiger charge is -2.54. The number of hydrogen-bond acceptors (Lipinski definition) is 5. The van der Waals surface area contributed by atoms with Gasteiger partial charge in [0.25, 0.3) is 0 Å². The maximum absolute atomic E-state index is 15.1. The summed E-state index contributed by atoms with van der Waals surface area (Å²) in [7, 11) is 0. The Balaban J connectivity index is 1.44. The van der Waals surface area contributed by atoms with E-state index in [1.807, 2.05) is 84.9 Å². The predicted molar refractivity (Wildman–Crippen MR) is 187 cm³/mol. The summed E-state index contributed by atoms with van der Waals surface area (Å²) in [5, 5.41) is 11.9. The molecule has 1 saturated carbocycles. The summed E-state index contributed by atoms with van der Waals surface area (Å²) in [5.41, 5.74) is 1.37. The molecule has 0 saturated heterocycles. The fraction of sp³-hybridized carbons (Fsp3) is 0.171. The number of para-hydroxylation sites is 2. The van der Waals surface area contributed by atoms with Gasteiger partial charge in [-0.1, -0.05) is 109 Å². The number of nitrogens with zero attached hydrogens (tertiary/aromatic N) is 3. The van der Waals surface area contributed by atoms with Crippen LogP contribution in [0.1, 0.15) is 40.6 Å². The summed E-state index contributed by atoms with van der Waals surface area (Å²) in [4.78, 5) is 58.3. The van der Waals surface area contributed by atoms with E-state index in [4.69, 9.17) is 0 Å². The number of allylic oxidation sites excluding steroid dienone is 5. The van der Waals surface area contributed by atoms with Crippen molar-refractivity contribution in [1.29, 1.82) is 0 Å². The predicted octanol–water partition coefficient (Wildman–Crippen LogP) is 5.69. The molecule has 242 valence electrons. The van der Waals surface area contributed by atoms with Crippen molar-refractivity contribution in [2.24, 2.45) is 5.92 Å². The van der Waals surface area contributed by atoms with Crippen LogP contribution in [0.15, 0.2) is 149 Å². The van der Waals surface area contributed by atoms with Crippen molar-refractivity contribution < 1.29 is 14.7 Å². The molecule has 4 atom stereocenters. The Morgan fingerprint density at radius 1 is 0.816 bits per heavy atom. The van der Waals surface area contributed by atoms with Gasteiger partial charge in [-0.05, 0) is 53.3 Å². The van der Waals surface area contributed by atoms with Crippen molar-refractivity contribution >= 4 is 17.1 Å². The third-order valence-corrected chi connectivity index (χ3v) is 10.5. The van der Waals surface area contributed by atoms with Crippen LogP contribution in [-0.2, 0) is 28.0 Å². The smallest absolute Gasteiger partial charge is 0.352 e. The summed E-state index contributed by atoms with van der Waals surface area (Å²) < 4.78 is 4.01. The van der Waals surface area contributed by atoms with Gasteiger partial charge in [-0.2, -0.15) is 0 Å². The quantitative estimate of drug-likeness (QED) is 0.239. The maximum atomic E-state index is 15.1. The average Bonchev–Trinajstić information content (AvgIpc) is 3.40. The molecular formula is C41H33N3O5. The van der Waals surface area contributed by atoms with Crippen molar-refractivity contribution in [3.05, 3.63) is 183 Å². The standard InChI is InChI=1S/C41H33N3O5/c1-2-13-27-16-12-21-31(37(27)46)36-30-22-23-42-39(48)43(29-19-10-5-11-20-29)40(49)44(42)34(30)25-33-38(47)32(26-14-6-3-7-15-26)24-35(45)41(33,36)28-17-8-4-9-18-28/h2-12,14-22,24,33-34,36,46H,1,13,23,25H2/t33-,34+,36+,41-/m0/s1. The second-order valence-electron chi connectivity index (χ2n) is 12.8. The molecule has 8 rings (SSSR count). The normalized spacial score (nSPS) is 22.7. The molecule has 5 aromatic rings. The number of benzene rings is 4. The highest BCUT2D eigenvalue weighted by molar-refractivity contribution is 6.31.